The molecule has 8 heteroatoms. The van der Waals surface area contributed by atoms with Crippen LogP contribution in [0.15, 0.2) is 48.5 Å². The van der Waals surface area contributed by atoms with E-state index in [1.54, 1.807) is 36.4 Å². The van der Waals surface area contributed by atoms with Crippen LogP contribution in [0, 0.1) is 6.92 Å². The summed E-state index contributed by atoms with van der Waals surface area (Å²) in [6.07, 6.45) is -0.00149. The van der Waals surface area contributed by atoms with Gasteiger partial charge in [-0.2, -0.15) is 0 Å². The lowest BCUT2D eigenvalue weighted by Crippen LogP contribution is -2.49. The van der Waals surface area contributed by atoms with E-state index in [4.69, 9.17) is 21.7 Å². The van der Waals surface area contributed by atoms with Crippen LogP contribution in [-0.2, 0) is 4.79 Å². The number of rotatable bonds is 6. The summed E-state index contributed by atoms with van der Waals surface area (Å²) >= 11 is 5.01. The van der Waals surface area contributed by atoms with E-state index in [9.17, 15) is 9.59 Å². The molecule has 3 N–H and O–H groups in total. The number of aryl methyl sites for hydroxylation is 1. The molecule has 0 unspecified atom stereocenters. The van der Waals surface area contributed by atoms with Crippen molar-refractivity contribution in [2.24, 2.45) is 0 Å². The molecule has 2 rings (SSSR count). The minimum atomic E-state index is -0.440. The Morgan fingerprint density at radius 2 is 1.75 bits per heavy atom. The molecule has 0 aliphatic carbocycles. The smallest absolute Gasteiger partial charge is 0.276 e. The Morgan fingerprint density at radius 3 is 2.43 bits per heavy atom. The Bertz CT molecular complexity index is 838. The Labute approximate surface area is 169 Å². The van der Waals surface area contributed by atoms with Crippen LogP contribution >= 0.6 is 12.2 Å². The summed E-state index contributed by atoms with van der Waals surface area (Å²) in [5, 5.41) is 2.44. The molecule has 0 spiro atoms. The molecule has 0 aliphatic heterocycles. The number of carbonyl (C=O) groups is 2. The minimum Gasteiger partial charge on any atom is -0.491 e. The van der Waals surface area contributed by atoms with Crippen molar-refractivity contribution < 1.29 is 19.1 Å². The Hall–Kier alpha value is -3.13. The van der Waals surface area contributed by atoms with Crippen LogP contribution in [0.4, 0.5) is 0 Å². The number of amides is 2. The summed E-state index contributed by atoms with van der Waals surface area (Å²) in [4.78, 5) is 24.0. The van der Waals surface area contributed by atoms with Crippen molar-refractivity contribution in [3.63, 3.8) is 0 Å². The normalized spacial score (nSPS) is 10.1. The van der Waals surface area contributed by atoms with Crippen LogP contribution in [0.3, 0.4) is 0 Å². The summed E-state index contributed by atoms with van der Waals surface area (Å²) in [6.45, 7) is 5.57. The van der Waals surface area contributed by atoms with Crippen molar-refractivity contribution in [3.05, 3.63) is 59.7 Å². The predicted octanol–water partition coefficient (Wildman–Crippen LogP) is 2.50. The monoisotopic (exact) mass is 401 g/mol. The van der Waals surface area contributed by atoms with Gasteiger partial charge in [-0.1, -0.05) is 23.8 Å². The summed E-state index contributed by atoms with van der Waals surface area (Å²) in [6, 6.07) is 14.1. The van der Waals surface area contributed by atoms with Gasteiger partial charge in [0.2, 0.25) is 0 Å². The second kappa shape index (κ2) is 10.3. The zero-order valence-electron chi connectivity index (χ0n) is 15.9. The fourth-order valence-electron chi connectivity index (χ4n) is 2.14. The molecule has 0 saturated carbocycles. The van der Waals surface area contributed by atoms with E-state index in [1.807, 2.05) is 32.9 Å². The largest absolute Gasteiger partial charge is 0.491 e. The second-order valence-electron chi connectivity index (χ2n) is 6.25. The molecule has 0 radical (unpaired) electrons. The number of hydrogen-bond donors (Lipinski definition) is 3. The summed E-state index contributed by atoms with van der Waals surface area (Å²) in [5.41, 5.74) is 6.31. The van der Waals surface area contributed by atoms with Gasteiger partial charge in [-0.25, -0.2) is 0 Å². The molecule has 0 fully saturated rings. The molecule has 28 heavy (non-hydrogen) atoms. The molecule has 7 nitrogen and oxygen atoms in total. The van der Waals surface area contributed by atoms with Crippen molar-refractivity contribution in [1.82, 2.24) is 16.2 Å². The van der Waals surface area contributed by atoms with Gasteiger partial charge in [-0.3, -0.25) is 25.8 Å². The molecule has 0 bridgehead atoms. The van der Waals surface area contributed by atoms with Crippen LogP contribution in [-0.4, -0.2) is 29.6 Å². The SMILES string of the molecule is Cc1ccc(OCC(=O)NNC(=S)NC(=O)c2cccc(OC(C)C)c2)cc1. The van der Waals surface area contributed by atoms with E-state index in [0.29, 0.717) is 17.1 Å². The summed E-state index contributed by atoms with van der Waals surface area (Å²) in [5.74, 6) is 0.310. The first kappa shape index (κ1) is 21.2. The lowest BCUT2D eigenvalue weighted by atomic mass is 10.2. The molecule has 0 saturated heterocycles. The highest BCUT2D eigenvalue weighted by Crippen LogP contribution is 2.15. The van der Waals surface area contributed by atoms with Crippen LogP contribution in [0.25, 0.3) is 0 Å². The first-order chi connectivity index (χ1) is 13.3. The van der Waals surface area contributed by atoms with Gasteiger partial charge in [-0.15, -0.1) is 0 Å². The van der Waals surface area contributed by atoms with Crippen molar-refractivity contribution >= 4 is 29.1 Å². The average Bonchev–Trinajstić information content (AvgIpc) is 2.65. The summed E-state index contributed by atoms with van der Waals surface area (Å²) in [7, 11) is 0. The van der Waals surface area contributed by atoms with Gasteiger partial charge in [0, 0.05) is 5.56 Å². The lowest BCUT2D eigenvalue weighted by Gasteiger charge is -2.13. The zero-order chi connectivity index (χ0) is 20.5. The van der Waals surface area contributed by atoms with Crippen LogP contribution in [0.1, 0.15) is 29.8 Å². The van der Waals surface area contributed by atoms with Gasteiger partial charge < -0.3 is 9.47 Å². The van der Waals surface area contributed by atoms with E-state index in [2.05, 4.69) is 16.2 Å². The molecule has 0 aliphatic rings. The number of hydrogen-bond acceptors (Lipinski definition) is 5. The maximum absolute atomic E-state index is 12.2. The highest BCUT2D eigenvalue weighted by Gasteiger charge is 2.10. The van der Waals surface area contributed by atoms with Gasteiger partial charge in [-0.05, 0) is 63.3 Å². The van der Waals surface area contributed by atoms with Gasteiger partial charge in [0.1, 0.15) is 11.5 Å². The van der Waals surface area contributed by atoms with E-state index in [0.717, 1.165) is 5.56 Å². The molecule has 2 amide bonds. The first-order valence-corrected chi connectivity index (χ1v) is 9.10. The minimum absolute atomic E-state index is 0.00149. The molecule has 148 valence electrons. The van der Waals surface area contributed by atoms with Gasteiger partial charge in [0.05, 0.1) is 6.10 Å². The number of ether oxygens (including phenoxy) is 2. The van der Waals surface area contributed by atoms with Crippen molar-refractivity contribution in [2.45, 2.75) is 26.9 Å². The van der Waals surface area contributed by atoms with Gasteiger partial charge in [0.15, 0.2) is 11.7 Å². The third-order valence-corrected chi connectivity index (χ3v) is 3.61. The van der Waals surface area contributed by atoms with Crippen LogP contribution in [0.5, 0.6) is 11.5 Å². The van der Waals surface area contributed by atoms with Crippen LogP contribution < -0.4 is 25.6 Å². The zero-order valence-corrected chi connectivity index (χ0v) is 16.8. The maximum atomic E-state index is 12.2. The number of nitrogens with one attached hydrogen (secondary N) is 3. The predicted molar refractivity (Wildman–Crippen MR) is 110 cm³/mol. The highest BCUT2D eigenvalue weighted by molar-refractivity contribution is 7.80. The number of carbonyl (C=O) groups excluding carboxylic acids is 2. The molecule has 2 aromatic carbocycles. The topological polar surface area (TPSA) is 88.7 Å². The number of hydrazine groups is 1. The standard InChI is InChI=1S/C20H23N3O4S/c1-13(2)27-17-6-4-5-15(11-17)19(25)21-20(28)23-22-18(24)12-26-16-9-7-14(3)8-10-16/h4-11,13H,12H2,1-3H3,(H,22,24)(H2,21,23,25,28). The Balaban J connectivity index is 1.76. The molecular formula is C20H23N3O4S. The Kier molecular flexibility index (Phi) is 7.76. The van der Waals surface area contributed by atoms with E-state index < -0.39 is 11.8 Å². The van der Waals surface area contributed by atoms with E-state index in [-0.39, 0.29) is 17.8 Å². The third-order valence-electron chi connectivity index (χ3n) is 3.40. The molecule has 0 aromatic heterocycles. The molecular weight excluding hydrogens is 378 g/mol. The first-order valence-electron chi connectivity index (χ1n) is 8.70. The number of thiocarbonyl (C=S) groups is 1. The summed E-state index contributed by atoms with van der Waals surface area (Å²) < 4.78 is 10.9. The second-order valence-corrected chi connectivity index (χ2v) is 6.66. The fraction of sp³-hybridized carbons (Fsp3) is 0.250. The Morgan fingerprint density at radius 1 is 1.04 bits per heavy atom. The van der Waals surface area contributed by atoms with Crippen LogP contribution in [0.2, 0.25) is 0 Å². The number of benzene rings is 2. The lowest BCUT2D eigenvalue weighted by molar-refractivity contribution is -0.123. The molecule has 2 aromatic rings. The maximum Gasteiger partial charge on any atom is 0.276 e. The fourth-order valence-corrected chi connectivity index (χ4v) is 2.28. The van der Waals surface area contributed by atoms with Crippen molar-refractivity contribution in [3.8, 4) is 11.5 Å². The van der Waals surface area contributed by atoms with Gasteiger partial charge >= 0.3 is 0 Å². The van der Waals surface area contributed by atoms with Gasteiger partial charge in [0.25, 0.3) is 11.8 Å². The highest BCUT2D eigenvalue weighted by atomic mass is 32.1. The molecule has 0 heterocycles. The van der Waals surface area contributed by atoms with E-state index in [1.165, 1.54) is 0 Å². The average molecular weight is 401 g/mol. The molecule has 0 atom stereocenters. The third kappa shape index (κ3) is 7.24. The van der Waals surface area contributed by atoms with Crippen molar-refractivity contribution in [1.29, 1.82) is 0 Å². The quantitative estimate of drug-likeness (QED) is 0.509. The van der Waals surface area contributed by atoms with Crippen molar-refractivity contribution in [2.75, 3.05) is 6.61 Å². The van der Waals surface area contributed by atoms with E-state index >= 15 is 0 Å².